The minimum Gasteiger partial charge on any atom is -0.325 e. The zero-order chi connectivity index (χ0) is 26.8. The first-order valence-electron chi connectivity index (χ1n) is 12.4. The lowest BCUT2D eigenvalue weighted by molar-refractivity contribution is -0.118. The van der Waals surface area contributed by atoms with Gasteiger partial charge in [0.15, 0.2) is 0 Å². The summed E-state index contributed by atoms with van der Waals surface area (Å²) in [6, 6.07) is 22.7. The number of nitrogens with zero attached hydrogens (tertiary/aromatic N) is 4. The molecule has 0 spiro atoms. The number of fused-ring (bicyclic) bond motifs is 2. The van der Waals surface area contributed by atoms with Crippen molar-refractivity contribution in [3.05, 3.63) is 95.1 Å². The molecular weight excluding hydrogens is 498 g/mol. The molecule has 7 nitrogen and oxygen atoms in total. The van der Waals surface area contributed by atoms with Crippen LogP contribution in [0, 0.1) is 0 Å². The Hall–Kier alpha value is -4.07. The highest BCUT2D eigenvalue weighted by Crippen LogP contribution is 2.38. The van der Waals surface area contributed by atoms with Gasteiger partial charge in [0.2, 0.25) is 11.8 Å². The molecule has 0 fully saturated rings. The number of anilines is 2. The van der Waals surface area contributed by atoms with Crippen LogP contribution in [0.15, 0.2) is 84.0 Å². The predicted molar refractivity (Wildman–Crippen MR) is 154 cm³/mol. The number of rotatable bonds is 7. The number of benzene rings is 3. The number of hydrogen-bond donors (Lipinski definition) is 1. The molecule has 0 radical (unpaired) electrons. The maximum absolute atomic E-state index is 13.2. The summed E-state index contributed by atoms with van der Waals surface area (Å²) < 4.78 is 0. The minimum absolute atomic E-state index is 0.0401. The highest BCUT2D eigenvalue weighted by Gasteiger charge is 2.35. The summed E-state index contributed by atoms with van der Waals surface area (Å²) in [6.45, 7) is 0.687. The lowest BCUT2D eigenvalue weighted by Crippen LogP contribution is -2.29. The van der Waals surface area contributed by atoms with Crippen molar-refractivity contribution in [2.45, 2.75) is 12.3 Å². The second-order valence-electron chi connectivity index (χ2n) is 9.58. The molecule has 0 aliphatic carbocycles. The average Bonchev–Trinajstić information content (AvgIpc) is 3.24. The van der Waals surface area contributed by atoms with Gasteiger partial charge >= 0.3 is 0 Å². The monoisotopic (exact) mass is 525 g/mol. The van der Waals surface area contributed by atoms with Gasteiger partial charge in [-0.2, -0.15) is 0 Å². The van der Waals surface area contributed by atoms with Crippen LogP contribution in [0.25, 0.3) is 10.9 Å². The molecule has 2 amide bonds. The highest BCUT2D eigenvalue weighted by molar-refractivity contribution is 6.31. The number of aromatic nitrogens is 1. The topological polar surface area (TPSA) is 77.9 Å². The number of hydrogen-bond acceptors (Lipinski definition) is 5. The summed E-state index contributed by atoms with van der Waals surface area (Å²) in [6.07, 6.45) is 2.19. The molecule has 1 aliphatic rings. The molecule has 1 atom stereocenters. The fourth-order valence-corrected chi connectivity index (χ4v) is 4.73. The SMILES string of the molecule is CN(C)CCC(=O)N(C)c1ccc(N=C(c2ccc3ncccc3c2)C2C(=O)Nc3cc(Cl)ccc32)cc1. The van der Waals surface area contributed by atoms with E-state index < -0.39 is 5.92 Å². The van der Waals surface area contributed by atoms with Crippen molar-refractivity contribution in [3.8, 4) is 0 Å². The molecule has 1 unspecified atom stereocenters. The Morgan fingerprint density at radius 2 is 1.82 bits per heavy atom. The van der Waals surface area contributed by atoms with Gasteiger partial charge in [-0.3, -0.25) is 19.6 Å². The second kappa shape index (κ2) is 10.7. The van der Waals surface area contributed by atoms with E-state index in [0.29, 0.717) is 35.1 Å². The lowest BCUT2D eigenvalue weighted by Gasteiger charge is -2.19. The molecule has 4 aromatic rings. The molecular formula is C30H28ClN5O2. The molecule has 1 aromatic heterocycles. The van der Waals surface area contributed by atoms with Crippen LogP contribution in [0.1, 0.15) is 23.5 Å². The largest absolute Gasteiger partial charge is 0.325 e. The lowest BCUT2D eigenvalue weighted by atomic mass is 9.90. The van der Waals surface area contributed by atoms with E-state index in [1.807, 2.05) is 79.7 Å². The molecule has 38 heavy (non-hydrogen) atoms. The van der Waals surface area contributed by atoms with Crippen molar-refractivity contribution >= 4 is 57.1 Å². The van der Waals surface area contributed by atoms with Gasteiger partial charge in [0.05, 0.1) is 16.9 Å². The highest BCUT2D eigenvalue weighted by atomic mass is 35.5. The molecule has 5 rings (SSSR count). The van der Waals surface area contributed by atoms with E-state index >= 15 is 0 Å². The summed E-state index contributed by atoms with van der Waals surface area (Å²) in [5, 5.41) is 4.47. The molecule has 0 saturated heterocycles. The maximum Gasteiger partial charge on any atom is 0.238 e. The molecule has 2 heterocycles. The minimum atomic E-state index is -0.605. The quantitative estimate of drug-likeness (QED) is 0.316. The van der Waals surface area contributed by atoms with Crippen molar-refractivity contribution in [1.82, 2.24) is 9.88 Å². The van der Waals surface area contributed by atoms with Gasteiger partial charge in [0.1, 0.15) is 5.92 Å². The van der Waals surface area contributed by atoms with E-state index in [0.717, 1.165) is 27.7 Å². The van der Waals surface area contributed by atoms with Crippen LogP contribution >= 0.6 is 11.6 Å². The first-order valence-corrected chi connectivity index (χ1v) is 12.7. The third-order valence-electron chi connectivity index (χ3n) is 6.65. The molecule has 3 aromatic carbocycles. The van der Waals surface area contributed by atoms with Crippen LogP contribution in [-0.4, -0.2) is 55.1 Å². The number of halogens is 1. The van der Waals surface area contributed by atoms with Gasteiger partial charge in [-0.1, -0.05) is 29.8 Å². The Bertz CT molecular complexity index is 1550. The second-order valence-corrected chi connectivity index (χ2v) is 10.0. The summed E-state index contributed by atoms with van der Waals surface area (Å²) >= 11 is 6.19. The van der Waals surface area contributed by atoms with Crippen LogP contribution in [0.5, 0.6) is 0 Å². The van der Waals surface area contributed by atoms with Crippen LogP contribution < -0.4 is 10.2 Å². The van der Waals surface area contributed by atoms with Crippen LogP contribution in [0.3, 0.4) is 0 Å². The number of aliphatic imine (C=N–C) groups is 1. The predicted octanol–water partition coefficient (Wildman–Crippen LogP) is 5.66. The Morgan fingerprint density at radius 1 is 1.03 bits per heavy atom. The fraction of sp³-hybridized carbons (Fsp3) is 0.200. The summed E-state index contributed by atoms with van der Waals surface area (Å²) in [4.78, 5) is 38.9. The van der Waals surface area contributed by atoms with Crippen LogP contribution in [-0.2, 0) is 9.59 Å². The maximum atomic E-state index is 13.2. The van der Waals surface area contributed by atoms with Crippen molar-refractivity contribution in [1.29, 1.82) is 0 Å². The summed E-state index contributed by atoms with van der Waals surface area (Å²) in [7, 11) is 5.67. The smallest absolute Gasteiger partial charge is 0.238 e. The summed E-state index contributed by atoms with van der Waals surface area (Å²) in [5.41, 5.74) is 5.29. The van der Waals surface area contributed by atoms with Gasteiger partial charge in [-0.25, -0.2) is 0 Å². The van der Waals surface area contributed by atoms with E-state index in [2.05, 4.69) is 10.3 Å². The van der Waals surface area contributed by atoms with E-state index in [-0.39, 0.29) is 11.8 Å². The Labute approximate surface area is 226 Å². The molecule has 1 N–H and O–H groups in total. The normalized spacial score (nSPS) is 15.0. The van der Waals surface area contributed by atoms with Gasteiger partial charge in [-0.05, 0) is 79.8 Å². The molecule has 0 saturated carbocycles. The third-order valence-corrected chi connectivity index (χ3v) is 6.89. The summed E-state index contributed by atoms with van der Waals surface area (Å²) in [5.74, 6) is -0.722. The number of nitrogens with one attached hydrogen (secondary N) is 1. The average molecular weight is 526 g/mol. The van der Waals surface area contributed by atoms with Crippen LogP contribution in [0.4, 0.5) is 17.1 Å². The molecule has 192 valence electrons. The zero-order valence-corrected chi connectivity index (χ0v) is 22.2. The first kappa shape index (κ1) is 25.6. The van der Waals surface area contributed by atoms with E-state index in [4.69, 9.17) is 16.6 Å². The molecule has 8 heteroatoms. The number of amides is 2. The Morgan fingerprint density at radius 3 is 2.58 bits per heavy atom. The molecule has 1 aliphatic heterocycles. The Balaban J connectivity index is 1.54. The number of carbonyl (C=O) groups is 2. The fourth-order valence-electron chi connectivity index (χ4n) is 4.56. The van der Waals surface area contributed by atoms with Crippen molar-refractivity contribution in [3.63, 3.8) is 0 Å². The van der Waals surface area contributed by atoms with Gasteiger partial charge in [0, 0.05) is 48.0 Å². The zero-order valence-electron chi connectivity index (χ0n) is 21.5. The van der Waals surface area contributed by atoms with E-state index in [9.17, 15) is 9.59 Å². The number of carbonyl (C=O) groups excluding carboxylic acids is 2. The Kier molecular flexibility index (Phi) is 7.22. The standard InChI is InChI=1S/C30H28ClN5O2/c1-35(2)16-14-27(37)36(3)23-10-8-22(9-11-23)33-29(20-6-13-25-19(17-20)5-4-15-32-25)28-24-12-7-21(31)18-26(24)34-30(28)38/h4-13,15,17-18,28H,14,16H2,1-3H3,(H,34,38). The van der Waals surface area contributed by atoms with Gasteiger partial charge < -0.3 is 15.1 Å². The first-order chi connectivity index (χ1) is 18.3. The van der Waals surface area contributed by atoms with Crippen molar-refractivity contribution in [2.75, 3.05) is 37.9 Å². The van der Waals surface area contributed by atoms with Crippen molar-refractivity contribution in [2.24, 2.45) is 4.99 Å². The van der Waals surface area contributed by atoms with Crippen molar-refractivity contribution < 1.29 is 9.59 Å². The van der Waals surface area contributed by atoms with Gasteiger partial charge in [0.25, 0.3) is 0 Å². The van der Waals surface area contributed by atoms with Gasteiger partial charge in [-0.15, -0.1) is 0 Å². The third kappa shape index (κ3) is 5.30. The van der Waals surface area contributed by atoms with E-state index in [1.54, 1.807) is 30.3 Å². The van der Waals surface area contributed by atoms with E-state index in [1.165, 1.54) is 0 Å². The number of pyridine rings is 1. The molecule has 0 bridgehead atoms. The van der Waals surface area contributed by atoms with Crippen LogP contribution in [0.2, 0.25) is 5.02 Å².